The lowest BCUT2D eigenvalue weighted by molar-refractivity contribution is -0.123. The highest BCUT2D eigenvalue weighted by Crippen LogP contribution is 2.43. The predicted octanol–water partition coefficient (Wildman–Crippen LogP) is 13.9. The van der Waals surface area contributed by atoms with E-state index in [0.29, 0.717) is 6.42 Å². The van der Waals surface area contributed by atoms with Crippen LogP contribution in [0.3, 0.4) is 0 Å². The Morgan fingerprint density at radius 1 is 0.579 bits per heavy atom. The Balaban J connectivity index is 4.14. The molecule has 57 heavy (non-hydrogen) atoms. The third-order valence-corrected chi connectivity index (χ3v) is 11.7. The van der Waals surface area contributed by atoms with Crippen LogP contribution in [0.25, 0.3) is 0 Å². The minimum absolute atomic E-state index is 0.0778. The lowest BCUT2D eigenvalue weighted by Gasteiger charge is -2.23. The molecule has 0 aromatic carbocycles. The van der Waals surface area contributed by atoms with Gasteiger partial charge in [-0.1, -0.05) is 211 Å². The zero-order valence-electron chi connectivity index (χ0n) is 37.3. The van der Waals surface area contributed by atoms with Crippen LogP contribution in [0.1, 0.15) is 232 Å². The van der Waals surface area contributed by atoms with E-state index in [-0.39, 0.29) is 25.7 Å². The summed E-state index contributed by atoms with van der Waals surface area (Å²) in [7, 11) is -4.34. The maximum atomic E-state index is 12.8. The number of aliphatic hydroxyl groups excluding tert-OH is 1. The fourth-order valence-corrected chi connectivity index (χ4v) is 7.80. The van der Waals surface area contributed by atoms with Gasteiger partial charge in [-0.15, -0.1) is 0 Å². The minimum atomic E-state index is -4.34. The number of amides is 1. The summed E-state index contributed by atoms with van der Waals surface area (Å²) in [6.45, 7) is 4.14. The van der Waals surface area contributed by atoms with Crippen LogP contribution in [0.2, 0.25) is 0 Å². The van der Waals surface area contributed by atoms with Crippen LogP contribution in [0.5, 0.6) is 0 Å². The maximum absolute atomic E-state index is 12.8. The number of nitrogens with two attached hydrogens (primary N) is 1. The summed E-state index contributed by atoms with van der Waals surface area (Å²) in [5.41, 5.74) is 5.38. The van der Waals surface area contributed by atoms with Crippen molar-refractivity contribution in [1.82, 2.24) is 5.32 Å². The van der Waals surface area contributed by atoms with Gasteiger partial charge in [0.1, 0.15) is 0 Å². The van der Waals surface area contributed by atoms with E-state index in [1.165, 1.54) is 167 Å². The molecule has 0 saturated heterocycles. The Labute approximate surface area is 352 Å². The summed E-state index contributed by atoms with van der Waals surface area (Å²) >= 11 is 0. The molecule has 0 aliphatic rings. The van der Waals surface area contributed by atoms with Gasteiger partial charge in [0.2, 0.25) is 5.91 Å². The summed E-state index contributed by atoms with van der Waals surface area (Å²) < 4.78 is 22.2. The van der Waals surface area contributed by atoms with Gasteiger partial charge in [0.15, 0.2) is 0 Å². The Morgan fingerprint density at radius 2 is 0.965 bits per heavy atom. The molecule has 0 aromatic rings. The van der Waals surface area contributed by atoms with Gasteiger partial charge in [-0.3, -0.25) is 13.8 Å². The molecule has 0 aromatic heterocycles. The van der Waals surface area contributed by atoms with Gasteiger partial charge in [-0.2, -0.15) is 0 Å². The number of rotatable bonds is 45. The standard InChI is InChI=1S/C48H93N2O6P/c1-3-5-7-9-11-13-15-17-19-21-22-23-24-26-28-30-32-34-36-38-40-42-48(52)50-46(45-56-57(53,54)55-44-43-49)47(51)41-39-37-35-33-31-29-27-25-20-18-16-14-12-10-8-6-4-2/h15,17,21-22,39,41,46-47,51H,3-14,16,18-20,23-38,40,42-45,49H2,1-2H3,(H,50,52)(H,53,54)/b17-15-,22-21-,41-39+. The first kappa shape index (κ1) is 55.7. The largest absolute Gasteiger partial charge is 0.472 e. The van der Waals surface area contributed by atoms with Gasteiger partial charge in [0.25, 0.3) is 0 Å². The van der Waals surface area contributed by atoms with Crippen molar-refractivity contribution in [2.24, 2.45) is 5.73 Å². The molecule has 336 valence electrons. The molecule has 0 aliphatic heterocycles. The average molecular weight is 825 g/mol. The lowest BCUT2D eigenvalue weighted by Crippen LogP contribution is -2.45. The number of aliphatic hydroxyl groups is 1. The van der Waals surface area contributed by atoms with Crippen molar-refractivity contribution in [3.8, 4) is 0 Å². The van der Waals surface area contributed by atoms with Crippen molar-refractivity contribution in [1.29, 1.82) is 0 Å². The first-order valence-electron chi connectivity index (χ1n) is 24.1. The van der Waals surface area contributed by atoms with Gasteiger partial charge in [-0.25, -0.2) is 4.57 Å². The summed E-state index contributed by atoms with van der Waals surface area (Å²) in [5.74, 6) is -0.197. The Hall–Kier alpha value is -1.28. The van der Waals surface area contributed by atoms with Gasteiger partial charge in [0, 0.05) is 13.0 Å². The molecule has 1 amide bonds. The zero-order valence-corrected chi connectivity index (χ0v) is 38.2. The van der Waals surface area contributed by atoms with Crippen LogP contribution in [0.15, 0.2) is 36.5 Å². The second kappa shape index (κ2) is 44.3. The number of phosphoric acid groups is 1. The lowest BCUT2D eigenvalue weighted by atomic mass is 10.0. The van der Waals surface area contributed by atoms with E-state index in [0.717, 1.165) is 44.9 Å². The van der Waals surface area contributed by atoms with Crippen LogP contribution in [-0.2, 0) is 18.4 Å². The van der Waals surface area contributed by atoms with E-state index in [2.05, 4.69) is 43.5 Å². The van der Waals surface area contributed by atoms with Gasteiger partial charge >= 0.3 is 7.82 Å². The highest BCUT2D eigenvalue weighted by molar-refractivity contribution is 7.47. The van der Waals surface area contributed by atoms with Crippen molar-refractivity contribution in [2.75, 3.05) is 19.8 Å². The SMILES string of the molecule is CCCCCCC/C=C\C/C=C\CCCCCCCCCCCC(=O)NC(COP(=O)(O)OCCN)C(O)/C=C/CCCCCCCCCCCCCCCCC. The van der Waals surface area contributed by atoms with E-state index in [1.807, 2.05) is 6.08 Å². The molecular formula is C48H93N2O6P. The average Bonchev–Trinajstić information content (AvgIpc) is 3.20. The molecule has 0 radical (unpaired) electrons. The number of phosphoric ester groups is 1. The predicted molar refractivity (Wildman–Crippen MR) is 244 cm³/mol. The second-order valence-electron chi connectivity index (χ2n) is 16.3. The van der Waals surface area contributed by atoms with E-state index in [1.54, 1.807) is 6.08 Å². The molecular weight excluding hydrogens is 732 g/mol. The molecule has 0 aliphatic carbocycles. The second-order valence-corrected chi connectivity index (χ2v) is 17.8. The molecule has 3 atom stereocenters. The van der Waals surface area contributed by atoms with Crippen LogP contribution in [-0.4, -0.2) is 47.8 Å². The number of allylic oxidation sites excluding steroid dienone is 5. The molecule has 0 rings (SSSR count). The Bertz CT molecular complexity index is 990. The molecule has 3 unspecified atom stereocenters. The molecule has 8 nitrogen and oxygen atoms in total. The Morgan fingerprint density at radius 3 is 1.39 bits per heavy atom. The molecule has 9 heteroatoms. The number of hydrogen-bond donors (Lipinski definition) is 4. The smallest absolute Gasteiger partial charge is 0.387 e. The Kier molecular flexibility index (Phi) is 43.3. The first-order valence-corrected chi connectivity index (χ1v) is 25.6. The van der Waals surface area contributed by atoms with Crippen molar-refractivity contribution in [3.63, 3.8) is 0 Å². The van der Waals surface area contributed by atoms with E-state index < -0.39 is 20.0 Å². The third-order valence-electron chi connectivity index (χ3n) is 10.7. The number of hydrogen-bond acceptors (Lipinski definition) is 6. The van der Waals surface area contributed by atoms with E-state index in [9.17, 15) is 19.4 Å². The quantitative estimate of drug-likeness (QED) is 0.0273. The van der Waals surface area contributed by atoms with Gasteiger partial charge in [-0.05, 0) is 51.4 Å². The fraction of sp³-hybridized carbons (Fsp3) is 0.854. The monoisotopic (exact) mass is 825 g/mol. The number of nitrogens with one attached hydrogen (secondary N) is 1. The van der Waals surface area contributed by atoms with Crippen molar-refractivity contribution in [2.45, 2.75) is 244 Å². The number of carbonyl (C=O) groups excluding carboxylic acids is 1. The molecule has 0 bridgehead atoms. The topological polar surface area (TPSA) is 131 Å². The van der Waals surface area contributed by atoms with Gasteiger partial charge < -0.3 is 21.1 Å². The summed E-state index contributed by atoms with van der Waals surface area (Å²) in [4.78, 5) is 22.8. The van der Waals surface area contributed by atoms with E-state index in [4.69, 9.17) is 14.8 Å². The van der Waals surface area contributed by atoms with Crippen LogP contribution in [0.4, 0.5) is 0 Å². The summed E-state index contributed by atoms with van der Waals surface area (Å²) in [6, 6.07) is -0.862. The van der Waals surface area contributed by atoms with Crippen LogP contribution < -0.4 is 11.1 Å². The minimum Gasteiger partial charge on any atom is -0.387 e. The van der Waals surface area contributed by atoms with Crippen LogP contribution >= 0.6 is 7.82 Å². The molecule has 0 fully saturated rings. The fourth-order valence-electron chi connectivity index (χ4n) is 7.05. The highest BCUT2D eigenvalue weighted by Gasteiger charge is 2.26. The maximum Gasteiger partial charge on any atom is 0.472 e. The first-order chi connectivity index (χ1) is 27.9. The summed E-state index contributed by atoms with van der Waals surface area (Å²) in [6.07, 6.45) is 53.4. The van der Waals surface area contributed by atoms with Crippen molar-refractivity contribution >= 4 is 13.7 Å². The summed E-state index contributed by atoms with van der Waals surface area (Å²) in [5, 5.41) is 13.7. The van der Waals surface area contributed by atoms with Crippen LogP contribution in [0, 0.1) is 0 Å². The number of carbonyl (C=O) groups is 1. The molecule has 0 spiro atoms. The number of unbranched alkanes of at least 4 members (excludes halogenated alkanes) is 29. The highest BCUT2D eigenvalue weighted by atomic mass is 31.2. The van der Waals surface area contributed by atoms with Crippen molar-refractivity contribution < 1.29 is 28.4 Å². The molecule has 5 N–H and O–H groups in total. The van der Waals surface area contributed by atoms with Crippen molar-refractivity contribution in [3.05, 3.63) is 36.5 Å². The van der Waals surface area contributed by atoms with E-state index >= 15 is 0 Å². The zero-order chi connectivity index (χ0) is 41.8. The third kappa shape index (κ3) is 42.6. The molecule has 0 saturated carbocycles. The normalized spacial score (nSPS) is 14.3. The van der Waals surface area contributed by atoms with Gasteiger partial charge in [0.05, 0.1) is 25.4 Å². The molecule has 0 heterocycles.